The molecule has 2 aromatic rings. The molecule has 0 saturated heterocycles. The minimum Gasteiger partial charge on any atom is -0.368 e. The third-order valence-electron chi connectivity index (χ3n) is 2.81. The Kier molecular flexibility index (Phi) is 3.23. The largest absolute Gasteiger partial charge is 0.368 e. The number of imidazole rings is 1. The Bertz CT molecular complexity index is 785. The highest BCUT2D eigenvalue weighted by atomic mass is 32.2. The number of aromatic nitrogens is 4. The Hall–Kier alpha value is -2.03. The van der Waals surface area contributed by atoms with Gasteiger partial charge in [-0.25, -0.2) is 9.78 Å². The van der Waals surface area contributed by atoms with Crippen molar-refractivity contribution in [3.63, 3.8) is 0 Å². The van der Waals surface area contributed by atoms with Gasteiger partial charge in [0.25, 0.3) is 5.56 Å². The summed E-state index contributed by atoms with van der Waals surface area (Å²) in [5, 5.41) is 0.465. The van der Waals surface area contributed by atoms with Crippen LogP contribution in [0, 0.1) is 0 Å². The summed E-state index contributed by atoms with van der Waals surface area (Å²) in [6.45, 7) is -0.153. The van der Waals surface area contributed by atoms with Crippen LogP contribution >= 0.6 is 11.8 Å². The van der Waals surface area contributed by atoms with E-state index >= 15 is 0 Å². The topological polar surface area (TPSA) is 105 Å². The van der Waals surface area contributed by atoms with Crippen molar-refractivity contribution in [1.29, 1.82) is 0 Å². The van der Waals surface area contributed by atoms with E-state index in [1.807, 2.05) is 0 Å². The van der Waals surface area contributed by atoms with Gasteiger partial charge in [0.2, 0.25) is 5.91 Å². The summed E-state index contributed by atoms with van der Waals surface area (Å²) in [5.74, 6) is -0.578. The highest BCUT2D eigenvalue weighted by Crippen LogP contribution is 2.18. The summed E-state index contributed by atoms with van der Waals surface area (Å²) in [6, 6.07) is 0. The molecular formula is C10H13N5O3S. The first kappa shape index (κ1) is 13.4. The number of hydrogen-bond acceptors (Lipinski definition) is 5. The summed E-state index contributed by atoms with van der Waals surface area (Å²) in [7, 11) is 2.90. The van der Waals surface area contributed by atoms with E-state index in [4.69, 9.17) is 5.73 Å². The van der Waals surface area contributed by atoms with Crippen LogP contribution in [0.1, 0.15) is 0 Å². The second-order valence-corrected chi connectivity index (χ2v) is 4.80. The number of aryl methyl sites for hydroxylation is 1. The molecule has 2 N–H and O–H groups in total. The van der Waals surface area contributed by atoms with E-state index in [1.54, 1.807) is 6.26 Å². The Morgan fingerprint density at radius 3 is 2.47 bits per heavy atom. The predicted octanol–water partition coefficient (Wildman–Crippen LogP) is -1.36. The predicted molar refractivity (Wildman–Crippen MR) is 71.2 cm³/mol. The first-order valence-electron chi connectivity index (χ1n) is 5.37. The van der Waals surface area contributed by atoms with Gasteiger partial charge in [0.05, 0.1) is 0 Å². The van der Waals surface area contributed by atoms with Crippen LogP contribution < -0.4 is 17.0 Å². The molecule has 0 bridgehead atoms. The molecular weight excluding hydrogens is 270 g/mol. The standard InChI is InChI=1S/C10H13N5O3S/c1-13-7-6(8(17)14(2)10(13)18)15(4-5(11)16)9(12-7)19-3/h4H2,1-3H3,(H2,11,16). The maximum atomic E-state index is 12.2. The molecule has 2 aromatic heterocycles. The lowest BCUT2D eigenvalue weighted by molar-refractivity contribution is -0.118. The zero-order chi connectivity index (χ0) is 14.3. The van der Waals surface area contributed by atoms with Gasteiger partial charge >= 0.3 is 5.69 Å². The lowest BCUT2D eigenvalue weighted by atomic mass is 10.5. The van der Waals surface area contributed by atoms with Crippen molar-refractivity contribution in [2.24, 2.45) is 19.8 Å². The number of hydrogen-bond donors (Lipinski definition) is 1. The molecule has 0 atom stereocenters. The van der Waals surface area contributed by atoms with Gasteiger partial charge < -0.3 is 10.3 Å². The molecule has 0 saturated carbocycles. The fourth-order valence-electron chi connectivity index (χ4n) is 1.88. The fourth-order valence-corrected chi connectivity index (χ4v) is 2.44. The molecule has 0 radical (unpaired) electrons. The van der Waals surface area contributed by atoms with Crippen LogP contribution in [0.25, 0.3) is 11.2 Å². The van der Waals surface area contributed by atoms with E-state index in [-0.39, 0.29) is 17.7 Å². The van der Waals surface area contributed by atoms with Crippen molar-refractivity contribution in [1.82, 2.24) is 18.7 Å². The molecule has 0 aliphatic carbocycles. The summed E-state index contributed by atoms with van der Waals surface area (Å²) in [6.07, 6.45) is 1.77. The molecule has 0 unspecified atom stereocenters. The zero-order valence-electron chi connectivity index (χ0n) is 10.7. The monoisotopic (exact) mass is 283 g/mol. The van der Waals surface area contributed by atoms with Crippen LogP contribution in [-0.2, 0) is 25.4 Å². The molecule has 0 aliphatic heterocycles. The van der Waals surface area contributed by atoms with E-state index in [1.165, 1.54) is 35.0 Å². The number of carbonyl (C=O) groups excluding carboxylic acids is 1. The van der Waals surface area contributed by atoms with Gasteiger partial charge in [-0.2, -0.15) is 0 Å². The van der Waals surface area contributed by atoms with Gasteiger partial charge in [-0.05, 0) is 6.26 Å². The maximum absolute atomic E-state index is 12.2. The minimum atomic E-state index is -0.578. The van der Waals surface area contributed by atoms with Crippen molar-refractivity contribution in [2.75, 3.05) is 6.26 Å². The van der Waals surface area contributed by atoms with Crippen molar-refractivity contribution >= 4 is 28.8 Å². The van der Waals surface area contributed by atoms with Crippen LogP contribution in [0.2, 0.25) is 0 Å². The number of thioether (sulfide) groups is 1. The van der Waals surface area contributed by atoms with Crippen molar-refractivity contribution < 1.29 is 4.79 Å². The van der Waals surface area contributed by atoms with Gasteiger partial charge in [0, 0.05) is 14.1 Å². The number of nitrogens with zero attached hydrogens (tertiary/aromatic N) is 4. The lowest BCUT2D eigenvalue weighted by Crippen LogP contribution is -2.38. The Balaban J connectivity index is 2.99. The van der Waals surface area contributed by atoms with Crippen molar-refractivity contribution in [3.05, 3.63) is 20.8 Å². The molecule has 0 aromatic carbocycles. The van der Waals surface area contributed by atoms with Crippen LogP contribution in [0.15, 0.2) is 14.7 Å². The van der Waals surface area contributed by atoms with Crippen LogP contribution in [0.3, 0.4) is 0 Å². The van der Waals surface area contributed by atoms with E-state index in [9.17, 15) is 14.4 Å². The number of rotatable bonds is 3. The zero-order valence-corrected chi connectivity index (χ0v) is 11.5. The Morgan fingerprint density at radius 2 is 1.95 bits per heavy atom. The summed E-state index contributed by atoms with van der Waals surface area (Å²) >= 11 is 1.27. The first-order valence-corrected chi connectivity index (χ1v) is 6.59. The molecule has 2 heterocycles. The molecule has 2 rings (SSSR count). The van der Waals surface area contributed by atoms with Crippen molar-refractivity contribution in [2.45, 2.75) is 11.7 Å². The van der Waals surface area contributed by atoms with Gasteiger partial charge in [0.15, 0.2) is 16.3 Å². The molecule has 9 heteroatoms. The molecule has 1 amide bonds. The molecule has 8 nitrogen and oxygen atoms in total. The summed E-state index contributed by atoms with van der Waals surface area (Å²) in [4.78, 5) is 39.3. The van der Waals surface area contributed by atoms with E-state index < -0.39 is 17.2 Å². The number of fused-ring (bicyclic) bond motifs is 1. The van der Waals surface area contributed by atoms with Crippen LogP contribution in [0.5, 0.6) is 0 Å². The number of primary amides is 1. The molecule has 0 aliphatic rings. The third-order valence-corrected chi connectivity index (χ3v) is 3.49. The highest BCUT2D eigenvalue weighted by molar-refractivity contribution is 7.98. The average molecular weight is 283 g/mol. The smallest absolute Gasteiger partial charge is 0.332 e. The number of nitrogens with two attached hydrogens (primary N) is 1. The van der Waals surface area contributed by atoms with Crippen LogP contribution in [0.4, 0.5) is 0 Å². The summed E-state index contributed by atoms with van der Waals surface area (Å²) < 4.78 is 3.68. The van der Waals surface area contributed by atoms with Gasteiger partial charge in [-0.1, -0.05) is 11.8 Å². The molecule has 102 valence electrons. The van der Waals surface area contributed by atoms with Gasteiger partial charge in [-0.3, -0.25) is 18.7 Å². The SMILES string of the molecule is CSc1nc2c(c(=O)n(C)c(=O)n2C)n1CC(N)=O. The second kappa shape index (κ2) is 4.57. The third kappa shape index (κ3) is 1.95. The molecule has 0 spiro atoms. The molecule has 19 heavy (non-hydrogen) atoms. The number of amides is 1. The second-order valence-electron chi connectivity index (χ2n) is 4.03. The maximum Gasteiger partial charge on any atom is 0.332 e. The Morgan fingerprint density at radius 1 is 1.32 bits per heavy atom. The van der Waals surface area contributed by atoms with Gasteiger partial charge in [-0.15, -0.1) is 0 Å². The van der Waals surface area contributed by atoms with Gasteiger partial charge in [0.1, 0.15) is 6.54 Å². The average Bonchev–Trinajstić information content (AvgIpc) is 2.71. The fraction of sp³-hybridized carbons (Fsp3) is 0.400. The van der Waals surface area contributed by atoms with Crippen molar-refractivity contribution in [3.8, 4) is 0 Å². The Labute approximate surface area is 111 Å². The number of carbonyl (C=O) groups is 1. The lowest BCUT2D eigenvalue weighted by Gasteiger charge is -2.06. The quantitative estimate of drug-likeness (QED) is 0.701. The molecule has 0 fully saturated rings. The van der Waals surface area contributed by atoms with Crippen LogP contribution in [-0.4, -0.2) is 30.8 Å². The highest BCUT2D eigenvalue weighted by Gasteiger charge is 2.19. The minimum absolute atomic E-state index is 0.153. The van der Waals surface area contributed by atoms with E-state index in [0.29, 0.717) is 5.16 Å². The first-order chi connectivity index (χ1) is 8.88. The normalized spacial score (nSPS) is 11.1. The van der Waals surface area contributed by atoms with E-state index in [0.717, 1.165) is 4.57 Å². The van der Waals surface area contributed by atoms with E-state index in [2.05, 4.69) is 4.98 Å². The summed E-state index contributed by atoms with van der Waals surface area (Å²) in [5.41, 5.74) is 4.67.